The van der Waals surface area contributed by atoms with E-state index in [0.717, 1.165) is 70.5 Å². The molecule has 0 unspecified atom stereocenters. The summed E-state index contributed by atoms with van der Waals surface area (Å²) in [6.45, 7) is 9.16. The van der Waals surface area contributed by atoms with Gasteiger partial charge in [0.2, 0.25) is 0 Å². The first-order valence-corrected chi connectivity index (χ1v) is 11.1. The van der Waals surface area contributed by atoms with Crippen LogP contribution in [0, 0.1) is 0 Å². The number of guanidine groups is 1. The number of hydrogen-bond donors (Lipinski definition) is 1. The van der Waals surface area contributed by atoms with Gasteiger partial charge in [0.1, 0.15) is 0 Å². The standard InChI is InChI=1S/C18H30N4OS2.HI/c1-3-25-18(6-12-23-13-7-18)15-20-17(19-2)22-10-8-21(9-11-22)16-5-4-14-24-16;/h4-5,14H,3,6-13,15H2,1-2H3,(H,19,20);1H. The van der Waals surface area contributed by atoms with Gasteiger partial charge in [-0.05, 0) is 36.1 Å². The zero-order valence-corrected chi connectivity index (χ0v) is 19.7. The Labute approximate surface area is 183 Å². The number of ether oxygens (including phenoxy) is 1. The number of thiophene rings is 1. The van der Waals surface area contributed by atoms with Gasteiger partial charge in [0.25, 0.3) is 0 Å². The third-order valence-electron chi connectivity index (χ3n) is 5.03. The van der Waals surface area contributed by atoms with Crippen LogP contribution < -0.4 is 10.2 Å². The van der Waals surface area contributed by atoms with Gasteiger partial charge in [-0.25, -0.2) is 0 Å². The average Bonchev–Trinajstić information content (AvgIpc) is 3.18. The molecule has 1 aromatic rings. The summed E-state index contributed by atoms with van der Waals surface area (Å²) in [4.78, 5) is 9.42. The molecule has 0 bridgehead atoms. The van der Waals surface area contributed by atoms with E-state index in [1.54, 1.807) is 0 Å². The Bertz CT molecular complexity index is 536. The first-order chi connectivity index (χ1) is 12.3. The van der Waals surface area contributed by atoms with Gasteiger partial charge in [-0.3, -0.25) is 4.99 Å². The molecule has 0 amide bonds. The molecule has 3 rings (SSSR count). The van der Waals surface area contributed by atoms with E-state index in [1.807, 2.05) is 18.4 Å². The molecule has 26 heavy (non-hydrogen) atoms. The van der Waals surface area contributed by atoms with E-state index in [-0.39, 0.29) is 24.0 Å². The average molecular weight is 511 g/mol. The molecule has 0 saturated carbocycles. The van der Waals surface area contributed by atoms with E-state index in [1.165, 1.54) is 5.00 Å². The molecule has 2 aliphatic rings. The van der Waals surface area contributed by atoms with Gasteiger partial charge in [0.15, 0.2) is 5.96 Å². The highest BCUT2D eigenvalue weighted by Gasteiger charge is 2.33. The van der Waals surface area contributed by atoms with Crippen molar-refractivity contribution in [3.05, 3.63) is 17.5 Å². The zero-order valence-electron chi connectivity index (χ0n) is 15.8. The lowest BCUT2D eigenvalue weighted by Crippen LogP contribution is -2.55. The third kappa shape index (κ3) is 5.65. The normalized spacial score (nSPS) is 20.6. The van der Waals surface area contributed by atoms with Gasteiger partial charge in [-0.1, -0.05) is 6.92 Å². The summed E-state index contributed by atoms with van der Waals surface area (Å²) in [5.74, 6) is 2.20. The Balaban J connectivity index is 0.00000243. The van der Waals surface area contributed by atoms with E-state index in [9.17, 15) is 0 Å². The van der Waals surface area contributed by atoms with Gasteiger partial charge in [-0.15, -0.1) is 35.3 Å². The van der Waals surface area contributed by atoms with Crippen molar-refractivity contribution < 1.29 is 4.74 Å². The minimum atomic E-state index is 0. The number of nitrogens with zero attached hydrogens (tertiary/aromatic N) is 3. The largest absolute Gasteiger partial charge is 0.381 e. The van der Waals surface area contributed by atoms with E-state index in [0.29, 0.717) is 4.75 Å². The molecule has 1 aromatic heterocycles. The molecule has 0 spiro atoms. The van der Waals surface area contributed by atoms with Crippen molar-refractivity contribution in [2.45, 2.75) is 24.5 Å². The minimum absolute atomic E-state index is 0. The number of thioether (sulfide) groups is 1. The zero-order chi connectivity index (χ0) is 17.5. The van der Waals surface area contributed by atoms with Crippen LogP contribution in [0.2, 0.25) is 0 Å². The van der Waals surface area contributed by atoms with Crippen LogP contribution in [0.3, 0.4) is 0 Å². The van der Waals surface area contributed by atoms with Crippen LogP contribution >= 0.6 is 47.1 Å². The fraction of sp³-hybridized carbons (Fsp3) is 0.722. The molecule has 5 nitrogen and oxygen atoms in total. The fourth-order valence-corrected chi connectivity index (χ4v) is 5.61. The smallest absolute Gasteiger partial charge is 0.193 e. The van der Waals surface area contributed by atoms with Gasteiger partial charge >= 0.3 is 0 Å². The second-order valence-corrected chi connectivity index (χ2v) is 9.21. The number of rotatable bonds is 5. The number of nitrogens with one attached hydrogen (secondary N) is 1. The highest BCUT2D eigenvalue weighted by Crippen LogP contribution is 2.34. The predicted octanol–water partition coefficient (Wildman–Crippen LogP) is 3.37. The van der Waals surface area contributed by atoms with Crippen LogP contribution in [0.4, 0.5) is 5.00 Å². The molecule has 8 heteroatoms. The summed E-state index contributed by atoms with van der Waals surface area (Å²) in [7, 11) is 1.90. The summed E-state index contributed by atoms with van der Waals surface area (Å²) < 4.78 is 5.87. The number of piperazine rings is 1. The fourth-order valence-electron chi connectivity index (χ4n) is 3.58. The molecule has 0 atom stereocenters. The number of anilines is 1. The van der Waals surface area contributed by atoms with Crippen LogP contribution in [0.25, 0.3) is 0 Å². The molecule has 0 radical (unpaired) electrons. The minimum Gasteiger partial charge on any atom is -0.381 e. The molecule has 0 aromatic carbocycles. The lowest BCUT2D eigenvalue weighted by atomic mass is 9.99. The summed E-state index contributed by atoms with van der Waals surface area (Å²) in [5.41, 5.74) is 0. The van der Waals surface area contributed by atoms with E-state index >= 15 is 0 Å². The molecule has 1 N–H and O–H groups in total. The van der Waals surface area contributed by atoms with Gasteiger partial charge < -0.3 is 19.9 Å². The van der Waals surface area contributed by atoms with E-state index < -0.39 is 0 Å². The van der Waals surface area contributed by atoms with Crippen molar-refractivity contribution in [2.75, 3.05) is 63.6 Å². The second-order valence-electron chi connectivity index (χ2n) is 6.55. The number of aliphatic imine (C=N–C) groups is 1. The first-order valence-electron chi connectivity index (χ1n) is 9.22. The maximum atomic E-state index is 5.58. The highest BCUT2D eigenvalue weighted by molar-refractivity contribution is 14.0. The van der Waals surface area contributed by atoms with E-state index in [4.69, 9.17) is 4.74 Å². The highest BCUT2D eigenvalue weighted by atomic mass is 127. The van der Waals surface area contributed by atoms with E-state index in [2.05, 4.69) is 56.3 Å². The maximum Gasteiger partial charge on any atom is 0.193 e. The lowest BCUT2D eigenvalue weighted by Gasteiger charge is -2.40. The summed E-state index contributed by atoms with van der Waals surface area (Å²) >= 11 is 3.90. The van der Waals surface area contributed by atoms with Crippen molar-refractivity contribution in [1.29, 1.82) is 0 Å². The number of hydrogen-bond acceptors (Lipinski definition) is 5. The third-order valence-corrected chi connectivity index (χ3v) is 7.41. The molecular weight excluding hydrogens is 479 g/mol. The lowest BCUT2D eigenvalue weighted by molar-refractivity contribution is 0.0780. The SMILES string of the molecule is CCSC1(CNC(=NC)N2CCN(c3cccs3)CC2)CCOCC1.I. The van der Waals surface area contributed by atoms with Crippen molar-refractivity contribution in [3.63, 3.8) is 0 Å². The summed E-state index contributed by atoms with van der Waals surface area (Å²) in [5, 5.41) is 7.20. The molecule has 2 aliphatic heterocycles. The van der Waals surface area contributed by atoms with Crippen LogP contribution in [-0.4, -0.2) is 74.3 Å². The Morgan fingerprint density at radius 2 is 2.04 bits per heavy atom. The Kier molecular flexibility index (Phi) is 9.32. The van der Waals surface area contributed by atoms with Gasteiger partial charge in [0, 0.05) is 57.7 Å². The maximum absolute atomic E-state index is 5.58. The molecule has 3 heterocycles. The molecular formula is C18H31IN4OS2. The second kappa shape index (κ2) is 11.0. The number of halogens is 1. The van der Waals surface area contributed by atoms with Crippen molar-refractivity contribution in [1.82, 2.24) is 10.2 Å². The van der Waals surface area contributed by atoms with Crippen LogP contribution in [0.1, 0.15) is 19.8 Å². The molecule has 0 aliphatic carbocycles. The van der Waals surface area contributed by atoms with Crippen LogP contribution in [0.5, 0.6) is 0 Å². The predicted molar refractivity (Wildman–Crippen MR) is 126 cm³/mol. The van der Waals surface area contributed by atoms with Crippen LogP contribution in [-0.2, 0) is 4.74 Å². The Morgan fingerprint density at radius 3 is 2.62 bits per heavy atom. The molecule has 148 valence electrons. The molecule has 2 saturated heterocycles. The van der Waals surface area contributed by atoms with Crippen molar-refractivity contribution in [3.8, 4) is 0 Å². The molecule has 2 fully saturated rings. The summed E-state index contributed by atoms with van der Waals surface area (Å²) in [6, 6.07) is 4.34. The van der Waals surface area contributed by atoms with Gasteiger partial charge in [-0.2, -0.15) is 11.8 Å². The topological polar surface area (TPSA) is 40.1 Å². The van der Waals surface area contributed by atoms with Crippen LogP contribution in [0.15, 0.2) is 22.5 Å². The summed E-state index contributed by atoms with van der Waals surface area (Å²) in [6.07, 6.45) is 2.25. The van der Waals surface area contributed by atoms with Crippen molar-refractivity contribution >= 4 is 58.0 Å². The monoisotopic (exact) mass is 510 g/mol. The van der Waals surface area contributed by atoms with Crippen molar-refractivity contribution in [2.24, 2.45) is 4.99 Å². The Morgan fingerprint density at radius 1 is 1.31 bits per heavy atom. The quantitative estimate of drug-likeness (QED) is 0.374. The van der Waals surface area contributed by atoms with Gasteiger partial charge in [0.05, 0.1) is 5.00 Å². The first kappa shape index (κ1) is 22.1. The Hall–Kier alpha value is -0.190.